The van der Waals surface area contributed by atoms with Crippen LogP contribution in [-0.4, -0.2) is 29.7 Å². The minimum Gasteiger partial charge on any atom is -0.356 e. The second-order valence-electron chi connectivity index (χ2n) is 3.90. The predicted octanol–water partition coefficient (Wildman–Crippen LogP) is 1.63. The van der Waals surface area contributed by atoms with E-state index in [-0.39, 0.29) is 18.2 Å². The normalized spacial score (nSPS) is 28.5. The van der Waals surface area contributed by atoms with E-state index in [1.807, 2.05) is 18.7 Å². The van der Waals surface area contributed by atoms with Gasteiger partial charge in [0, 0.05) is 6.42 Å². The van der Waals surface area contributed by atoms with Gasteiger partial charge in [0.25, 0.3) is 0 Å². The van der Waals surface area contributed by atoms with E-state index in [1.54, 1.807) is 0 Å². The lowest BCUT2D eigenvalue weighted by Crippen LogP contribution is -2.42. The first-order valence-corrected chi connectivity index (χ1v) is 5.00. The molecule has 0 spiro atoms. The molecule has 1 saturated heterocycles. The number of nitrogens with zero attached hydrogens (tertiary/aromatic N) is 1. The first-order valence-electron chi connectivity index (χ1n) is 5.00. The SMILES string of the molecule is CCC(=O)N1[C@@H](C)OC[C@H]1C(C)C. The molecule has 76 valence electrons. The van der Waals surface area contributed by atoms with Gasteiger partial charge in [-0.15, -0.1) is 0 Å². The van der Waals surface area contributed by atoms with Crippen molar-refractivity contribution in [3.8, 4) is 0 Å². The van der Waals surface area contributed by atoms with Crippen molar-refractivity contribution in [1.82, 2.24) is 4.90 Å². The molecule has 0 aromatic heterocycles. The third-order valence-corrected chi connectivity index (χ3v) is 2.62. The molecule has 3 heteroatoms. The standard InChI is InChI=1S/C10H19NO2/c1-5-10(12)11-8(4)13-6-9(11)7(2)3/h7-9H,5-6H2,1-4H3/t8-,9+/m1/s1. The summed E-state index contributed by atoms with van der Waals surface area (Å²) in [4.78, 5) is 13.5. The Morgan fingerprint density at radius 1 is 1.62 bits per heavy atom. The summed E-state index contributed by atoms with van der Waals surface area (Å²) >= 11 is 0. The van der Waals surface area contributed by atoms with Crippen molar-refractivity contribution >= 4 is 5.91 Å². The van der Waals surface area contributed by atoms with Crippen LogP contribution >= 0.6 is 0 Å². The topological polar surface area (TPSA) is 29.5 Å². The number of hydrogen-bond acceptors (Lipinski definition) is 2. The van der Waals surface area contributed by atoms with Crippen molar-refractivity contribution in [3.05, 3.63) is 0 Å². The Balaban J connectivity index is 2.71. The largest absolute Gasteiger partial charge is 0.356 e. The first-order chi connectivity index (χ1) is 6.07. The van der Waals surface area contributed by atoms with Gasteiger partial charge in [0.2, 0.25) is 5.91 Å². The second kappa shape index (κ2) is 4.09. The summed E-state index contributed by atoms with van der Waals surface area (Å²) in [6, 6.07) is 0.266. The average Bonchev–Trinajstić information content (AvgIpc) is 2.46. The van der Waals surface area contributed by atoms with Crippen molar-refractivity contribution in [1.29, 1.82) is 0 Å². The Morgan fingerprint density at radius 3 is 2.69 bits per heavy atom. The lowest BCUT2D eigenvalue weighted by Gasteiger charge is -2.28. The van der Waals surface area contributed by atoms with Gasteiger partial charge in [-0.2, -0.15) is 0 Å². The van der Waals surface area contributed by atoms with E-state index in [2.05, 4.69) is 13.8 Å². The van der Waals surface area contributed by atoms with Crippen molar-refractivity contribution in [2.75, 3.05) is 6.61 Å². The molecule has 0 unspecified atom stereocenters. The lowest BCUT2D eigenvalue weighted by molar-refractivity contribution is -0.137. The Kier molecular flexibility index (Phi) is 3.31. The number of rotatable bonds is 2. The van der Waals surface area contributed by atoms with Crippen LogP contribution in [-0.2, 0) is 9.53 Å². The van der Waals surface area contributed by atoms with Crippen LogP contribution in [0.15, 0.2) is 0 Å². The van der Waals surface area contributed by atoms with Crippen LogP contribution in [0, 0.1) is 5.92 Å². The molecule has 3 nitrogen and oxygen atoms in total. The van der Waals surface area contributed by atoms with Crippen LogP contribution in [0.2, 0.25) is 0 Å². The number of hydrogen-bond donors (Lipinski definition) is 0. The first kappa shape index (κ1) is 10.5. The molecular formula is C10H19NO2. The minimum atomic E-state index is -0.0418. The van der Waals surface area contributed by atoms with Crippen LogP contribution in [0.3, 0.4) is 0 Å². The highest BCUT2D eigenvalue weighted by Gasteiger charge is 2.35. The van der Waals surface area contributed by atoms with E-state index in [0.29, 0.717) is 18.9 Å². The van der Waals surface area contributed by atoms with Crippen molar-refractivity contribution < 1.29 is 9.53 Å². The van der Waals surface area contributed by atoms with Gasteiger partial charge >= 0.3 is 0 Å². The van der Waals surface area contributed by atoms with Crippen molar-refractivity contribution in [2.45, 2.75) is 46.4 Å². The molecule has 0 N–H and O–H groups in total. The molecule has 0 radical (unpaired) electrons. The molecule has 0 bridgehead atoms. The van der Waals surface area contributed by atoms with Crippen LogP contribution in [0.1, 0.15) is 34.1 Å². The summed E-state index contributed by atoms with van der Waals surface area (Å²) in [5, 5.41) is 0. The fourth-order valence-electron chi connectivity index (χ4n) is 1.75. The molecule has 1 rings (SSSR count). The predicted molar refractivity (Wildman–Crippen MR) is 51.2 cm³/mol. The number of ether oxygens (including phenoxy) is 1. The number of amides is 1. The summed E-state index contributed by atoms with van der Waals surface area (Å²) in [5.74, 6) is 0.671. The zero-order valence-corrected chi connectivity index (χ0v) is 8.91. The summed E-state index contributed by atoms with van der Waals surface area (Å²) in [6.45, 7) is 8.77. The highest BCUT2D eigenvalue weighted by molar-refractivity contribution is 5.76. The van der Waals surface area contributed by atoms with Crippen LogP contribution in [0.5, 0.6) is 0 Å². The maximum absolute atomic E-state index is 11.6. The maximum Gasteiger partial charge on any atom is 0.224 e. The van der Waals surface area contributed by atoms with Crippen molar-refractivity contribution in [3.63, 3.8) is 0 Å². The molecule has 0 aromatic carbocycles. The summed E-state index contributed by atoms with van der Waals surface area (Å²) in [6.07, 6.45) is 0.525. The lowest BCUT2D eigenvalue weighted by atomic mass is 10.0. The third kappa shape index (κ3) is 2.02. The van der Waals surface area contributed by atoms with Crippen LogP contribution < -0.4 is 0 Å². The maximum atomic E-state index is 11.6. The molecule has 0 aliphatic carbocycles. The Hall–Kier alpha value is -0.570. The highest BCUT2D eigenvalue weighted by Crippen LogP contribution is 2.23. The van der Waals surface area contributed by atoms with E-state index in [4.69, 9.17) is 4.74 Å². The number of carbonyl (C=O) groups excluding carboxylic acids is 1. The van der Waals surface area contributed by atoms with Gasteiger partial charge in [0.15, 0.2) is 0 Å². The van der Waals surface area contributed by atoms with Crippen LogP contribution in [0.4, 0.5) is 0 Å². The van der Waals surface area contributed by atoms with Gasteiger partial charge in [-0.1, -0.05) is 20.8 Å². The van der Waals surface area contributed by atoms with Gasteiger partial charge in [-0.3, -0.25) is 4.79 Å². The quantitative estimate of drug-likeness (QED) is 0.654. The molecule has 13 heavy (non-hydrogen) atoms. The second-order valence-corrected chi connectivity index (χ2v) is 3.90. The smallest absolute Gasteiger partial charge is 0.224 e. The molecule has 0 aromatic rings. The fourth-order valence-corrected chi connectivity index (χ4v) is 1.75. The van der Waals surface area contributed by atoms with E-state index >= 15 is 0 Å². The molecule has 1 fully saturated rings. The summed E-state index contributed by atoms with van der Waals surface area (Å²) in [5.41, 5.74) is 0. The van der Waals surface area contributed by atoms with Gasteiger partial charge in [-0.05, 0) is 12.8 Å². The molecule has 1 heterocycles. The monoisotopic (exact) mass is 185 g/mol. The van der Waals surface area contributed by atoms with E-state index < -0.39 is 0 Å². The molecule has 2 atom stereocenters. The Morgan fingerprint density at radius 2 is 2.23 bits per heavy atom. The summed E-state index contributed by atoms with van der Waals surface area (Å²) in [7, 11) is 0. The van der Waals surface area contributed by atoms with E-state index in [9.17, 15) is 4.79 Å². The summed E-state index contributed by atoms with van der Waals surface area (Å²) < 4.78 is 5.47. The molecule has 0 saturated carbocycles. The fraction of sp³-hybridized carbons (Fsp3) is 0.900. The Bertz CT molecular complexity index is 191. The van der Waals surface area contributed by atoms with Gasteiger partial charge in [0.1, 0.15) is 6.23 Å². The van der Waals surface area contributed by atoms with Crippen molar-refractivity contribution in [2.24, 2.45) is 5.92 Å². The van der Waals surface area contributed by atoms with Gasteiger partial charge in [-0.25, -0.2) is 0 Å². The molecule has 1 amide bonds. The van der Waals surface area contributed by atoms with E-state index in [0.717, 1.165) is 0 Å². The molecule has 1 aliphatic rings. The highest BCUT2D eigenvalue weighted by atomic mass is 16.5. The zero-order valence-electron chi connectivity index (χ0n) is 8.91. The minimum absolute atomic E-state index is 0.0418. The van der Waals surface area contributed by atoms with Gasteiger partial charge < -0.3 is 9.64 Å². The Labute approximate surface area is 80.1 Å². The molecular weight excluding hydrogens is 166 g/mol. The molecule has 1 aliphatic heterocycles. The number of carbonyl (C=O) groups is 1. The van der Waals surface area contributed by atoms with Gasteiger partial charge in [0.05, 0.1) is 12.6 Å². The zero-order chi connectivity index (χ0) is 10.0. The third-order valence-electron chi connectivity index (χ3n) is 2.62. The average molecular weight is 185 g/mol. The van der Waals surface area contributed by atoms with E-state index in [1.165, 1.54) is 0 Å². The van der Waals surface area contributed by atoms with Crippen LogP contribution in [0.25, 0.3) is 0 Å².